The fraction of sp³-hybridized carbons (Fsp3) is 0.182. The minimum Gasteiger partial charge on any atom is -0.504 e. The molecule has 1 aliphatic rings. The summed E-state index contributed by atoms with van der Waals surface area (Å²) in [5, 5.41) is 47.4. The molecular formula is C22H20O7. The maximum Gasteiger partial charge on any atom is 0.303 e. The maximum atomic E-state index is 13.0. The largest absolute Gasteiger partial charge is 0.504 e. The van der Waals surface area contributed by atoms with Crippen molar-refractivity contribution in [2.24, 2.45) is 5.92 Å². The Bertz CT molecular complexity index is 960. The quantitative estimate of drug-likeness (QED) is 0.395. The molecule has 2 aromatic rings. The van der Waals surface area contributed by atoms with Crippen molar-refractivity contribution >= 4 is 23.9 Å². The Kier molecular flexibility index (Phi) is 5.59. The third-order valence-corrected chi connectivity index (χ3v) is 4.74. The smallest absolute Gasteiger partial charge is 0.303 e. The van der Waals surface area contributed by atoms with Crippen molar-refractivity contribution in [1.29, 1.82) is 0 Å². The highest BCUT2D eigenvalue weighted by Crippen LogP contribution is 2.36. The minimum absolute atomic E-state index is 0.108. The van der Waals surface area contributed by atoms with E-state index < -0.39 is 5.97 Å². The number of aromatic hydroxyl groups is 4. The summed E-state index contributed by atoms with van der Waals surface area (Å²) in [6, 6.07) is 8.32. The molecule has 150 valence electrons. The van der Waals surface area contributed by atoms with E-state index >= 15 is 0 Å². The lowest BCUT2D eigenvalue weighted by Crippen LogP contribution is -2.22. The van der Waals surface area contributed by atoms with Gasteiger partial charge < -0.3 is 25.5 Å². The molecule has 0 bridgehead atoms. The number of aliphatic carboxylic acids is 1. The predicted octanol–water partition coefficient (Wildman–Crippen LogP) is 3.43. The van der Waals surface area contributed by atoms with Crippen molar-refractivity contribution < 1.29 is 35.1 Å². The average molecular weight is 396 g/mol. The number of carbonyl (C=O) groups excluding carboxylic acids is 1. The first-order valence-corrected chi connectivity index (χ1v) is 8.94. The van der Waals surface area contributed by atoms with Crippen molar-refractivity contribution in [3.8, 4) is 23.0 Å². The van der Waals surface area contributed by atoms with E-state index in [9.17, 15) is 35.1 Å². The number of carboxylic acids is 1. The third-order valence-electron chi connectivity index (χ3n) is 4.74. The summed E-state index contributed by atoms with van der Waals surface area (Å²) >= 11 is 0. The van der Waals surface area contributed by atoms with Gasteiger partial charge in [0.15, 0.2) is 28.8 Å². The second kappa shape index (κ2) is 8.10. The molecule has 1 atom stereocenters. The highest BCUT2D eigenvalue weighted by molar-refractivity contribution is 6.14. The van der Waals surface area contributed by atoms with Crippen LogP contribution in [0.2, 0.25) is 0 Å². The van der Waals surface area contributed by atoms with Crippen molar-refractivity contribution in [2.75, 3.05) is 0 Å². The molecule has 0 aliphatic heterocycles. The average Bonchev–Trinajstić information content (AvgIpc) is 2.64. The predicted molar refractivity (Wildman–Crippen MR) is 105 cm³/mol. The van der Waals surface area contributed by atoms with E-state index in [1.807, 2.05) is 0 Å². The number of rotatable bonds is 4. The lowest BCUT2D eigenvalue weighted by Gasteiger charge is -2.24. The molecule has 0 saturated heterocycles. The second-order valence-electron chi connectivity index (χ2n) is 7.04. The minimum atomic E-state index is -0.965. The van der Waals surface area contributed by atoms with Crippen LogP contribution in [0.1, 0.15) is 30.4 Å². The zero-order valence-corrected chi connectivity index (χ0v) is 15.4. The Morgan fingerprint density at radius 3 is 1.66 bits per heavy atom. The topological polar surface area (TPSA) is 135 Å². The normalized spacial score (nSPS) is 19.6. The Morgan fingerprint density at radius 1 is 0.828 bits per heavy atom. The number of benzene rings is 2. The zero-order chi connectivity index (χ0) is 21.1. The van der Waals surface area contributed by atoms with Gasteiger partial charge in [-0.05, 0) is 66.3 Å². The van der Waals surface area contributed by atoms with Crippen LogP contribution in [-0.4, -0.2) is 37.3 Å². The Balaban J connectivity index is 1.99. The van der Waals surface area contributed by atoms with Gasteiger partial charge in [-0.15, -0.1) is 0 Å². The van der Waals surface area contributed by atoms with Gasteiger partial charge in [-0.25, -0.2) is 0 Å². The molecule has 2 aromatic carbocycles. The van der Waals surface area contributed by atoms with Gasteiger partial charge in [0.2, 0.25) is 0 Å². The van der Waals surface area contributed by atoms with Crippen LogP contribution in [0.5, 0.6) is 23.0 Å². The number of Topliss-reactive ketones (excluding diaryl/α,β-unsaturated/α-hetero) is 1. The Morgan fingerprint density at radius 2 is 1.28 bits per heavy atom. The Labute approximate surface area is 166 Å². The van der Waals surface area contributed by atoms with Gasteiger partial charge in [-0.2, -0.15) is 0 Å². The molecule has 7 nitrogen and oxygen atoms in total. The highest BCUT2D eigenvalue weighted by atomic mass is 16.4. The van der Waals surface area contributed by atoms with Crippen LogP contribution >= 0.6 is 0 Å². The number of hydrogen-bond acceptors (Lipinski definition) is 6. The molecule has 1 aliphatic carbocycles. The monoisotopic (exact) mass is 396 g/mol. The molecule has 3 rings (SSSR count). The number of hydrogen-bond donors (Lipinski definition) is 5. The molecular weight excluding hydrogens is 376 g/mol. The maximum absolute atomic E-state index is 13.0. The van der Waals surface area contributed by atoms with Gasteiger partial charge in [0.05, 0.1) is 0 Å². The summed E-state index contributed by atoms with van der Waals surface area (Å²) < 4.78 is 0. The van der Waals surface area contributed by atoms with Crippen LogP contribution in [0, 0.1) is 5.92 Å². The fourth-order valence-electron chi connectivity index (χ4n) is 3.39. The van der Waals surface area contributed by atoms with E-state index in [2.05, 4.69) is 0 Å². The van der Waals surface area contributed by atoms with Gasteiger partial charge >= 0.3 is 5.97 Å². The molecule has 1 fully saturated rings. The number of carbonyl (C=O) groups is 2. The molecule has 5 N–H and O–H groups in total. The summed E-state index contributed by atoms with van der Waals surface area (Å²) in [6.45, 7) is 0. The van der Waals surface area contributed by atoms with Gasteiger partial charge in [0.1, 0.15) is 0 Å². The van der Waals surface area contributed by atoms with Crippen molar-refractivity contribution in [2.45, 2.75) is 19.3 Å². The zero-order valence-electron chi connectivity index (χ0n) is 15.4. The number of ketones is 1. The molecule has 1 unspecified atom stereocenters. The molecule has 0 radical (unpaired) electrons. The van der Waals surface area contributed by atoms with Gasteiger partial charge in [-0.1, -0.05) is 12.1 Å². The van der Waals surface area contributed by atoms with E-state index in [0.29, 0.717) is 22.3 Å². The van der Waals surface area contributed by atoms with Gasteiger partial charge in [0.25, 0.3) is 0 Å². The molecule has 0 aromatic heterocycles. The van der Waals surface area contributed by atoms with Crippen LogP contribution in [0.25, 0.3) is 12.2 Å². The second-order valence-corrected chi connectivity index (χ2v) is 7.04. The molecule has 0 spiro atoms. The van der Waals surface area contributed by atoms with E-state index in [0.717, 1.165) is 0 Å². The van der Waals surface area contributed by atoms with Crippen molar-refractivity contribution in [3.05, 3.63) is 58.7 Å². The van der Waals surface area contributed by atoms with E-state index in [-0.39, 0.29) is 54.0 Å². The summed E-state index contributed by atoms with van der Waals surface area (Å²) in [4.78, 5) is 24.2. The van der Waals surface area contributed by atoms with Gasteiger partial charge in [-0.3, -0.25) is 9.59 Å². The molecule has 0 heterocycles. The van der Waals surface area contributed by atoms with Crippen LogP contribution in [0.15, 0.2) is 47.5 Å². The van der Waals surface area contributed by atoms with E-state index in [4.69, 9.17) is 0 Å². The first-order chi connectivity index (χ1) is 13.7. The fourth-order valence-corrected chi connectivity index (χ4v) is 3.39. The van der Waals surface area contributed by atoms with E-state index in [1.54, 1.807) is 12.2 Å². The summed E-state index contributed by atoms with van der Waals surface area (Å²) in [5.74, 6) is -2.71. The van der Waals surface area contributed by atoms with Crippen LogP contribution < -0.4 is 0 Å². The van der Waals surface area contributed by atoms with Gasteiger partial charge in [0, 0.05) is 17.6 Å². The Hall–Kier alpha value is -3.74. The number of phenols is 4. The number of carboxylic acid groups (broad SMARTS) is 1. The number of phenolic OH excluding ortho intramolecular Hbond substituents is 4. The standard InChI is InChI=1S/C22H20O7/c23-17-3-1-12(9-19(17)25)5-15-7-14(11-21(27)28)8-16(22(15)29)6-13-2-4-18(24)20(26)10-13/h1-6,9-10,14,23-26H,7-8,11H2,(H,27,28)/b15-5-,16-6+. The number of allylic oxidation sites excluding steroid dienone is 2. The van der Waals surface area contributed by atoms with Crippen LogP contribution in [0.4, 0.5) is 0 Å². The third kappa shape index (κ3) is 4.76. The van der Waals surface area contributed by atoms with Crippen molar-refractivity contribution in [1.82, 2.24) is 0 Å². The lowest BCUT2D eigenvalue weighted by atomic mass is 9.78. The summed E-state index contributed by atoms with van der Waals surface area (Å²) in [7, 11) is 0. The van der Waals surface area contributed by atoms with E-state index in [1.165, 1.54) is 36.4 Å². The first kappa shape index (κ1) is 20.0. The highest BCUT2D eigenvalue weighted by Gasteiger charge is 2.29. The first-order valence-electron chi connectivity index (χ1n) is 8.94. The summed E-state index contributed by atoms with van der Waals surface area (Å²) in [5.41, 5.74) is 1.78. The SMILES string of the molecule is O=C(O)CC1C/C(=C/c2ccc(O)c(O)c2)C(=O)/C(=C/c2ccc(O)c(O)c2)C1. The summed E-state index contributed by atoms with van der Waals surface area (Å²) in [6.07, 6.45) is 3.56. The van der Waals surface area contributed by atoms with Crippen LogP contribution in [-0.2, 0) is 9.59 Å². The molecule has 1 saturated carbocycles. The molecule has 7 heteroatoms. The van der Waals surface area contributed by atoms with Crippen molar-refractivity contribution in [3.63, 3.8) is 0 Å². The molecule has 0 amide bonds. The lowest BCUT2D eigenvalue weighted by molar-refractivity contribution is -0.138. The van der Waals surface area contributed by atoms with Crippen LogP contribution in [0.3, 0.4) is 0 Å². The molecule has 29 heavy (non-hydrogen) atoms.